The number of ether oxygens (including phenoxy) is 1. The number of halogens is 1. The van der Waals surface area contributed by atoms with Crippen molar-refractivity contribution in [2.45, 2.75) is 26.3 Å². The molecule has 0 bridgehead atoms. The van der Waals surface area contributed by atoms with E-state index in [1.54, 1.807) is 12.1 Å². The Bertz CT molecular complexity index is 351. The monoisotopic (exact) mass is 299 g/mol. The molecule has 4 heteroatoms. The molecule has 0 aliphatic rings. The van der Waals surface area contributed by atoms with Crippen molar-refractivity contribution >= 4 is 21.8 Å². The normalized spacial score (nSPS) is 11.9. The Morgan fingerprint density at radius 1 is 1.41 bits per heavy atom. The summed E-state index contributed by atoms with van der Waals surface area (Å²) in [6.45, 7) is 4.66. The Balaban J connectivity index is 2.57. The molecule has 0 saturated heterocycles. The number of carbonyl (C=O) groups excluding carboxylic acids is 1. The van der Waals surface area contributed by atoms with Crippen molar-refractivity contribution in [2.24, 2.45) is 0 Å². The van der Waals surface area contributed by atoms with Gasteiger partial charge in [-0.3, -0.25) is 4.79 Å². The van der Waals surface area contributed by atoms with E-state index in [1.807, 2.05) is 26.0 Å². The molecule has 0 aromatic heterocycles. The van der Waals surface area contributed by atoms with Crippen molar-refractivity contribution in [2.75, 3.05) is 11.9 Å². The Morgan fingerprint density at radius 3 is 2.59 bits per heavy atom. The molecule has 1 unspecified atom stereocenters. The van der Waals surface area contributed by atoms with Crippen molar-refractivity contribution in [3.63, 3.8) is 0 Å². The molecule has 0 spiro atoms. The minimum absolute atomic E-state index is 0.0357. The van der Waals surface area contributed by atoms with Crippen molar-refractivity contribution in [1.82, 2.24) is 5.32 Å². The van der Waals surface area contributed by atoms with E-state index in [1.165, 1.54) is 0 Å². The number of rotatable bonds is 6. The van der Waals surface area contributed by atoms with Crippen LogP contribution in [0.3, 0.4) is 0 Å². The van der Waals surface area contributed by atoms with E-state index in [4.69, 9.17) is 4.74 Å². The van der Waals surface area contributed by atoms with Gasteiger partial charge in [0.25, 0.3) is 5.91 Å². The molecule has 0 heterocycles. The Labute approximate surface area is 111 Å². The Hall–Kier alpha value is -1.03. The summed E-state index contributed by atoms with van der Waals surface area (Å²) >= 11 is 3.29. The fourth-order valence-corrected chi connectivity index (χ4v) is 1.43. The van der Waals surface area contributed by atoms with Crippen LogP contribution in [-0.4, -0.2) is 23.9 Å². The maximum Gasteiger partial charge on any atom is 0.251 e. The van der Waals surface area contributed by atoms with Gasteiger partial charge in [-0.05, 0) is 37.6 Å². The fourth-order valence-electron chi connectivity index (χ4n) is 1.27. The maximum atomic E-state index is 11.8. The molecule has 1 rings (SSSR count). The summed E-state index contributed by atoms with van der Waals surface area (Å²) in [7, 11) is 0. The predicted molar refractivity (Wildman–Crippen MR) is 73.0 cm³/mol. The van der Waals surface area contributed by atoms with Gasteiger partial charge in [-0.25, -0.2) is 0 Å². The zero-order valence-electron chi connectivity index (χ0n) is 10.2. The van der Waals surface area contributed by atoms with Gasteiger partial charge in [0.1, 0.15) is 5.75 Å². The van der Waals surface area contributed by atoms with Gasteiger partial charge in [-0.2, -0.15) is 0 Å². The zero-order valence-corrected chi connectivity index (χ0v) is 11.8. The van der Waals surface area contributed by atoms with Crippen LogP contribution in [0.15, 0.2) is 24.3 Å². The highest BCUT2D eigenvalue weighted by Crippen LogP contribution is 2.12. The molecule has 17 heavy (non-hydrogen) atoms. The van der Waals surface area contributed by atoms with E-state index in [2.05, 4.69) is 21.2 Å². The molecular weight excluding hydrogens is 282 g/mol. The summed E-state index contributed by atoms with van der Waals surface area (Å²) in [5, 5.41) is 3.72. The van der Waals surface area contributed by atoms with Gasteiger partial charge < -0.3 is 10.1 Å². The third-order valence-electron chi connectivity index (χ3n) is 2.45. The average molecular weight is 300 g/mol. The molecule has 1 amide bonds. The van der Waals surface area contributed by atoms with E-state index in [0.29, 0.717) is 12.2 Å². The lowest BCUT2D eigenvalue weighted by molar-refractivity contribution is 0.0939. The molecular formula is C13H18BrNO2. The largest absolute Gasteiger partial charge is 0.493 e. The topological polar surface area (TPSA) is 38.3 Å². The predicted octanol–water partition coefficient (Wildman–Crippen LogP) is 2.99. The Morgan fingerprint density at radius 2 is 2.06 bits per heavy atom. The smallest absolute Gasteiger partial charge is 0.251 e. The third kappa shape index (κ3) is 4.77. The highest BCUT2D eigenvalue weighted by atomic mass is 79.9. The van der Waals surface area contributed by atoms with Crippen molar-refractivity contribution < 1.29 is 9.53 Å². The van der Waals surface area contributed by atoms with Gasteiger partial charge in [0.05, 0.1) is 6.61 Å². The van der Waals surface area contributed by atoms with Crippen molar-refractivity contribution in [3.05, 3.63) is 29.8 Å². The van der Waals surface area contributed by atoms with Crippen LogP contribution in [-0.2, 0) is 0 Å². The Kier molecular flexibility index (Phi) is 6.05. The van der Waals surface area contributed by atoms with Gasteiger partial charge in [-0.15, -0.1) is 0 Å². The molecule has 0 aliphatic heterocycles. The number of hydrogen-bond acceptors (Lipinski definition) is 2. The second-order valence-corrected chi connectivity index (χ2v) is 4.64. The molecule has 1 aromatic carbocycles. The molecule has 0 aliphatic carbocycles. The van der Waals surface area contributed by atoms with E-state index >= 15 is 0 Å². The first kappa shape index (κ1) is 14.0. The van der Waals surface area contributed by atoms with Gasteiger partial charge in [0, 0.05) is 16.9 Å². The SMILES string of the molecule is CCC(C)NC(=O)c1ccc(OCCBr)cc1. The molecule has 3 nitrogen and oxygen atoms in total. The number of nitrogens with one attached hydrogen (secondary N) is 1. The summed E-state index contributed by atoms with van der Waals surface area (Å²) < 4.78 is 5.41. The molecule has 1 atom stereocenters. The first-order valence-corrected chi connectivity index (χ1v) is 6.89. The van der Waals surface area contributed by atoms with E-state index in [-0.39, 0.29) is 11.9 Å². The van der Waals surface area contributed by atoms with Crippen LogP contribution in [0.2, 0.25) is 0 Å². The van der Waals surface area contributed by atoms with Gasteiger partial charge in [0.15, 0.2) is 0 Å². The zero-order chi connectivity index (χ0) is 12.7. The van der Waals surface area contributed by atoms with Crippen LogP contribution in [0.4, 0.5) is 0 Å². The summed E-state index contributed by atoms with van der Waals surface area (Å²) in [5.41, 5.74) is 0.663. The van der Waals surface area contributed by atoms with Gasteiger partial charge in [0.2, 0.25) is 0 Å². The summed E-state index contributed by atoms with van der Waals surface area (Å²) in [6, 6.07) is 7.39. The van der Waals surface area contributed by atoms with Crippen LogP contribution in [0.5, 0.6) is 5.75 Å². The van der Waals surface area contributed by atoms with Crippen LogP contribution in [0, 0.1) is 0 Å². The third-order valence-corrected chi connectivity index (χ3v) is 2.78. The van der Waals surface area contributed by atoms with Crippen LogP contribution in [0.1, 0.15) is 30.6 Å². The summed E-state index contributed by atoms with van der Waals surface area (Å²) in [6.07, 6.45) is 0.929. The highest BCUT2D eigenvalue weighted by molar-refractivity contribution is 9.09. The molecule has 0 radical (unpaired) electrons. The highest BCUT2D eigenvalue weighted by Gasteiger charge is 2.08. The number of hydrogen-bond donors (Lipinski definition) is 1. The second-order valence-electron chi connectivity index (χ2n) is 3.84. The second kappa shape index (κ2) is 7.33. The van der Waals surface area contributed by atoms with Crippen LogP contribution < -0.4 is 10.1 Å². The summed E-state index contributed by atoms with van der Waals surface area (Å²) in [5.74, 6) is 0.746. The number of benzene rings is 1. The van der Waals surface area contributed by atoms with Crippen molar-refractivity contribution in [3.8, 4) is 5.75 Å². The van der Waals surface area contributed by atoms with Crippen LogP contribution in [0.25, 0.3) is 0 Å². The van der Waals surface area contributed by atoms with Gasteiger partial charge in [-0.1, -0.05) is 22.9 Å². The standard InChI is InChI=1S/C13H18BrNO2/c1-3-10(2)15-13(16)11-4-6-12(7-5-11)17-9-8-14/h4-7,10H,3,8-9H2,1-2H3,(H,15,16). The molecule has 0 fully saturated rings. The molecule has 94 valence electrons. The van der Waals surface area contributed by atoms with E-state index in [9.17, 15) is 4.79 Å². The minimum Gasteiger partial charge on any atom is -0.493 e. The lowest BCUT2D eigenvalue weighted by Crippen LogP contribution is -2.31. The quantitative estimate of drug-likeness (QED) is 0.820. The first-order valence-electron chi connectivity index (χ1n) is 5.77. The molecule has 1 aromatic rings. The average Bonchev–Trinajstić information content (AvgIpc) is 2.36. The van der Waals surface area contributed by atoms with E-state index < -0.39 is 0 Å². The molecule has 0 saturated carbocycles. The summed E-state index contributed by atoms with van der Waals surface area (Å²) in [4.78, 5) is 11.8. The molecule has 1 N–H and O–H groups in total. The van der Waals surface area contributed by atoms with E-state index in [0.717, 1.165) is 17.5 Å². The number of alkyl halides is 1. The fraction of sp³-hybridized carbons (Fsp3) is 0.462. The van der Waals surface area contributed by atoms with Gasteiger partial charge >= 0.3 is 0 Å². The lowest BCUT2D eigenvalue weighted by Gasteiger charge is -2.11. The minimum atomic E-state index is -0.0357. The first-order chi connectivity index (χ1) is 8.17. The van der Waals surface area contributed by atoms with Crippen molar-refractivity contribution in [1.29, 1.82) is 0 Å². The number of amides is 1. The van der Waals surface area contributed by atoms with Crippen LogP contribution >= 0.6 is 15.9 Å². The maximum absolute atomic E-state index is 11.8. The lowest BCUT2D eigenvalue weighted by atomic mass is 10.2. The number of carbonyl (C=O) groups is 1.